The highest BCUT2D eigenvalue weighted by molar-refractivity contribution is 9.10. The Morgan fingerprint density at radius 3 is 2.58 bits per heavy atom. The molecule has 0 saturated heterocycles. The summed E-state index contributed by atoms with van der Waals surface area (Å²) in [6, 6.07) is 17.8. The van der Waals surface area contributed by atoms with Crippen LogP contribution in [-0.2, 0) is 13.2 Å². The largest absolute Gasteiger partial charge is 0.490 e. The summed E-state index contributed by atoms with van der Waals surface area (Å²) in [5.74, 6) is 0.610. The molecule has 0 amide bonds. The van der Waals surface area contributed by atoms with Crippen LogP contribution in [0.3, 0.4) is 0 Å². The Labute approximate surface area is 195 Å². The molecular weight excluding hydrogens is 485 g/mol. The van der Waals surface area contributed by atoms with Crippen molar-refractivity contribution in [2.45, 2.75) is 26.2 Å². The minimum Gasteiger partial charge on any atom is -0.490 e. The molecule has 0 radical (unpaired) electrons. The first-order valence-corrected chi connectivity index (χ1v) is 11.1. The lowest BCUT2D eigenvalue weighted by atomic mass is 10.1. The van der Waals surface area contributed by atoms with Gasteiger partial charge in [0, 0.05) is 18.7 Å². The first-order valence-electron chi connectivity index (χ1n) is 9.94. The minimum absolute atomic E-state index is 0.0228. The first-order chi connectivity index (χ1) is 15.0. The van der Waals surface area contributed by atoms with E-state index in [0.717, 1.165) is 11.1 Å². The summed E-state index contributed by atoms with van der Waals surface area (Å²) in [7, 11) is 0. The maximum absolute atomic E-state index is 14.1. The van der Waals surface area contributed by atoms with Gasteiger partial charge >= 0.3 is 0 Å². The number of nitrogens with one attached hydrogen (secondary N) is 1. The van der Waals surface area contributed by atoms with Crippen molar-refractivity contribution in [3.63, 3.8) is 0 Å². The molecule has 0 saturated carbocycles. The number of aliphatic hydroxyl groups excluding tert-OH is 1. The van der Waals surface area contributed by atoms with Gasteiger partial charge in [0.15, 0.2) is 11.5 Å². The first kappa shape index (κ1) is 23.5. The molecule has 4 nitrogen and oxygen atoms in total. The van der Waals surface area contributed by atoms with Gasteiger partial charge in [-0.25, -0.2) is 4.39 Å². The lowest BCUT2D eigenvalue weighted by Gasteiger charge is -2.17. The average molecular weight is 509 g/mol. The molecule has 0 aliphatic rings. The van der Waals surface area contributed by atoms with Crippen LogP contribution in [0.15, 0.2) is 65.1 Å². The molecule has 2 N–H and O–H groups in total. The van der Waals surface area contributed by atoms with E-state index in [-0.39, 0.29) is 6.61 Å². The van der Waals surface area contributed by atoms with Gasteiger partial charge in [-0.2, -0.15) is 0 Å². The standard InChI is InChI=1S/C24H24BrClFNO3/c1-2-30-23-12-16(13-28-14-22(29)17-7-4-3-5-8-17)11-19(25)24(23)31-15-18-20(26)9-6-10-21(18)27/h3-12,22,28-29H,2,13-15H2,1H3. The third-order valence-electron chi connectivity index (χ3n) is 4.64. The Balaban J connectivity index is 1.68. The van der Waals surface area contributed by atoms with Gasteiger partial charge in [0.05, 0.1) is 22.2 Å². The van der Waals surface area contributed by atoms with Gasteiger partial charge in [-0.05, 0) is 58.2 Å². The van der Waals surface area contributed by atoms with Gasteiger partial charge in [-0.15, -0.1) is 0 Å². The van der Waals surface area contributed by atoms with Gasteiger partial charge in [-0.1, -0.05) is 48.0 Å². The fraction of sp³-hybridized carbons (Fsp3) is 0.250. The van der Waals surface area contributed by atoms with Crippen molar-refractivity contribution in [1.29, 1.82) is 0 Å². The van der Waals surface area contributed by atoms with Gasteiger partial charge in [0.2, 0.25) is 0 Å². The molecule has 0 aliphatic heterocycles. The molecule has 0 fully saturated rings. The topological polar surface area (TPSA) is 50.7 Å². The summed E-state index contributed by atoms with van der Waals surface area (Å²) >= 11 is 9.62. The van der Waals surface area contributed by atoms with Gasteiger partial charge < -0.3 is 19.9 Å². The Bertz CT molecular complexity index is 983. The quantitative estimate of drug-likeness (QED) is 0.350. The molecule has 3 aromatic rings. The molecule has 0 heterocycles. The molecule has 31 heavy (non-hydrogen) atoms. The van der Waals surface area contributed by atoms with Crippen molar-refractivity contribution in [1.82, 2.24) is 5.32 Å². The Morgan fingerprint density at radius 1 is 1.10 bits per heavy atom. The van der Waals surface area contributed by atoms with Crippen LogP contribution in [0.1, 0.15) is 29.7 Å². The lowest BCUT2D eigenvalue weighted by molar-refractivity contribution is 0.174. The molecule has 0 bridgehead atoms. The molecule has 0 aromatic heterocycles. The molecular formula is C24H24BrClFNO3. The second-order valence-corrected chi connectivity index (χ2v) is 8.15. The van der Waals surface area contributed by atoms with E-state index in [1.165, 1.54) is 6.07 Å². The number of aliphatic hydroxyl groups is 1. The minimum atomic E-state index is -0.593. The van der Waals surface area contributed by atoms with Crippen LogP contribution in [0.4, 0.5) is 4.39 Å². The monoisotopic (exact) mass is 507 g/mol. The predicted octanol–water partition coefficient (Wildman–Crippen LogP) is 6.04. The van der Waals surface area contributed by atoms with E-state index in [2.05, 4.69) is 21.2 Å². The van der Waals surface area contributed by atoms with Gasteiger partial charge in [0.1, 0.15) is 12.4 Å². The van der Waals surface area contributed by atoms with Crippen molar-refractivity contribution in [3.05, 3.63) is 92.7 Å². The molecule has 1 atom stereocenters. The fourth-order valence-corrected chi connectivity index (χ4v) is 3.91. The third kappa shape index (κ3) is 6.43. The normalized spacial score (nSPS) is 11.9. The van der Waals surface area contributed by atoms with Crippen molar-refractivity contribution >= 4 is 27.5 Å². The highest BCUT2D eigenvalue weighted by Gasteiger charge is 2.15. The maximum Gasteiger partial charge on any atom is 0.175 e. The van der Waals surface area contributed by atoms with Crippen LogP contribution in [-0.4, -0.2) is 18.3 Å². The number of halogens is 3. The highest BCUT2D eigenvalue weighted by atomic mass is 79.9. The second-order valence-electron chi connectivity index (χ2n) is 6.88. The second kappa shape index (κ2) is 11.5. The number of ether oxygens (including phenoxy) is 2. The van der Waals surface area contributed by atoms with Crippen LogP contribution < -0.4 is 14.8 Å². The fourth-order valence-electron chi connectivity index (χ4n) is 3.09. The van der Waals surface area contributed by atoms with Crippen molar-refractivity contribution in [2.75, 3.05) is 13.2 Å². The predicted molar refractivity (Wildman–Crippen MR) is 124 cm³/mol. The highest BCUT2D eigenvalue weighted by Crippen LogP contribution is 2.38. The summed E-state index contributed by atoms with van der Waals surface area (Å²) in [6.45, 7) is 3.25. The van der Waals surface area contributed by atoms with Gasteiger partial charge in [-0.3, -0.25) is 0 Å². The maximum atomic E-state index is 14.1. The molecule has 164 valence electrons. The molecule has 3 aromatic carbocycles. The number of hydrogen-bond acceptors (Lipinski definition) is 4. The molecule has 0 spiro atoms. The van der Waals surface area contributed by atoms with Crippen molar-refractivity contribution in [3.8, 4) is 11.5 Å². The van der Waals surface area contributed by atoms with Crippen molar-refractivity contribution in [2.24, 2.45) is 0 Å². The van der Waals surface area contributed by atoms with Crippen LogP contribution in [0.2, 0.25) is 5.02 Å². The third-order valence-corrected chi connectivity index (χ3v) is 5.59. The summed E-state index contributed by atoms with van der Waals surface area (Å²) < 4.78 is 26.4. The van der Waals surface area contributed by atoms with Crippen LogP contribution in [0.5, 0.6) is 11.5 Å². The van der Waals surface area contributed by atoms with E-state index in [1.54, 1.807) is 12.1 Å². The zero-order chi connectivity index (χ0) is 22.2. The van der Waals surface area contributed by atoms with Crippen molar-refractivity contribution < 1.29 is 19.0 Å². The summed E-state index contributed by atoms with van der Waals surface area (Å²) in [5, 5.41) is 13.9. The molecule has 3 rings (SSSR count). The summed E-state index contributed by atoms with van der Waals surface area (Å²) in [5.41, 5.74) is 2.10. The van der Waals surface area contributed by atoms with Crippen LogP contribution in [0.25, 0.3) is 0 Å². The lowest BCUT2D eigenvalue weighted by Crippen LogP contribution is -2.21. The van der Waals surface area contributed by atoms with Crippen LogP contribution >= 0.6 is 27.5 Å². The van der Waals surface area contributed by atoms with E-state index >= 15 is 0 Å². The van der Waals surface area contributed by atoms with E-state index < -0.39 is 11.9 Å². The zero-order valence-corrected chi connectivity index (χ0v) is 19.4. The molecule has 1 unspecified atom stereocenters. The number of rotatable bonds is 10. The number of hydrogen-bond donors (Lipinski definition) is 2. The molecule has 7 heteroatoms. The Hall–Kier alpha value is -2.12. The average Bonchev–Trinajstić information content (AvgIpc) is 2.75. The zero-order valence-electron chi connectivity index (χ0n) is 17.1. The Morgan fingerprint density at radius 2 is 1.87 bits per heavy atom. The SMILES string of the molecule is CCOc1cc(CNCC(O)c2ccccc2)cc(Br)c1OCc1c(F)cccc1Cl. The molecule has 0 aliphatic carbocycles. The van der Waals surface area contributed by atoms with Crippen LogP contribution in [0, 0.1) is 5.82 Å². The van der Waals surface area contributed by atoms with E-state index in [0.29, 0.717) is 46.3 Å². The van der Waals surface area contributed by atoms with E-state index in [4.69, 9.17) is 21.1 Å². The van der Waals surface area contributed by atoms with E-state index in [9.17, 15) is 9.50 Å². The number of benzene rings is 3. The summed E-state index contributed by atoms with van der Waals surface area (Å²) in [6.07, 6.45) is -0.593. The summed E-state index contributed by atoms with van der Waals surface area (Å²) in [4.78, 5) is 0. The van der Waals surface area contributed by atoms with Gasteiger partial charge in [0.25, 0.3) is 0 Å². The Kier molecular flexibility index (Phi) is 8.72. The smallest absolute Gasteiger partial charge is 0.175 e. The van der Waals surface area contributed by atoms with E-state index in [1.807, 2.05) is 49.4 Å².